The molecule has 1 N–H and O–H groups in total. The maximum absolute atomic E-state index is 11.9. The van der Waals surface area contributed by atoms with Crippen LogP contribution in [0.2, 0.25) is 0 Å². The Bertz CT molecular complexity index is 873. The molecular weight excluding hydrogens is 310 g/mol. The highest BCUT2D eigenvalue weighted by atomic mass is 16.1. The Kier molecular flexibility index (Phi) is 4.34. The van der Waals surface area contributed by atoms with E-state index in [4.69, 9.17) is 4.98 Å². The maximum atomic E-state index is 11.9. The van der Waals surface area contributed by atoms with Crippen LogP contribution < -0.4 is 10.2 Å². The number of carbonyl (C=O) groups is 1. The number of nitrogens with one attached hydrogen (secondary N) is 1. The molecule has 2 aromatic carbocycles. The molecule has 0 bridgehead atoms. The molecular formula is C21H21N3O. The topological polar surface area (TPSA) is 45.2 Å². The van der Waals surface area contributed by atoms with Gasteiger partial charge in [0.15, 0.2) is 0 Å². The van der Waals surface area contributed by atoms with Crippen LogP contribution >= 0.6 is 0 Å². The van der Waals surface area contributed by atoms with Gasteiger partial charge in [0.2, 0.25) is 6.41 Å². The second-order valence-electron chi connectivity index (χ2n) is 6.49. The lowest BCUT2D eigenvalue weighted by molar-refractivity contribution is -0.107. The minimum Gasteiger partial charge on any atom is -0.340 e. The van der Waals surface area contributed by atoms with Crippen molar-refractivity contribution >= 4 is 34.5 Å². The molecule has 1 fully saturated rings. The Hall–Kier alpha value is -2.88. The fourth-order valence-corrected chi connectivity index (χ4v) is 3.63. The van der Waals surface area contributed by atoms with Crippen LogP contribution in [0, 0.1) is 0 Å². The monoisotopic (exact) mass is 331 g/mol. The van der Waals surface area contributed by atoms with Gasteiger partial charge in [-0.05, 0) is 31.0 Å². The smallest absolute Gasteiger partial charge is 0.214 e. The number of pyridine rings is 1. The predicted molar refractivity (Wildman–Crippen MR) is 102 cm³/mol. The number of anilines is 3. The third kappa shape index (κ3) is 3.20. The molecule has 0 radical (unpaired) electrons. The number of nitrogens with zero attached hydrogens (tertiary/aromatic N) is 2. The summed E-state index contributed by atoms with van der Waals surface area (Å²) in [6.07, 6.45) is 5.48. The van der Waals surface area contributed by atoms with Crippen molar-refractivity contribution in [2.45, 2.75) is 31.7 Å². The summed E-state index contributed by atoms with van der Waals surface area (Å²) in [5, 5.41) is 4.37. The van der Waals surface area contributed by atoms with Gasteiger partial charge in [-0.3, -0.25) is 4.79 Å². The number of rotatable bonds is 5. The summed E-state index contributed by atoms with van der Waals surface area (Å²) < 4.78 is 0. The predicted octanol–water partition coefficient (Wildman–Crippen LogP) is 4.88. The van der Waals surface area contributed by atoms with Gasteiger partial charge in [-0.1, -0.05) is 49.2 Å². The van der Waals surface area contributed by atoms with E-state index in [0.717, 1.165) is 47.3 Å². The third-order valence-corrected chi connectivity index (χ3v) is 4.85. The van der Waals surface area contributed by atoms with E-state index in [1.165, 1.54) is 12.8 Å². The Labute approximate surface area is 147 Å². The molecule has 3 aromatic rings. The zero-order chi connectivity index (χ0) is 17.1. The molecule has 1 aliphatic carbocycles. The number of hydrogen-bond acceptors (Lipinski definition) is 3. The molecule has 1 saturated carbocycles. The number of para-hydroxylation sites is 2. The third-order valence-electron chi connectivity index (χ3n) is 4.85. The van der Waals surface area contributed by atoms with Crippen molar-refractivity contribution in [1.29, 1.82) is 0 Å². The van der Waals surface area contributed by atoms with Gasteiger partial charge in [0, 0.05) is 23.2 Å². The minimum absolute atomic E-state index is 0.285. The Morgan fingerprint density at radius 3 is 2.48 bits per heavy atom. The van der Waals surface area contributed by atoms with E-state index in [9.17, 15) is 4.79 Å². The summed E-state index contributed by atoms with van der Waals surface area (Å²) in [6.45, 7) is 0. The van der Waals surface area contributed by atoms with Crippen molar-refractivity contribution in [3.63, 3.8) is 0 Å². The molecule has 4 nitrogen and oxygen atoms in total. The average molecular weight is 331 g/mol. The van der Waals surface area contributed by atoms with Crippen LogP contribution in [-0.4, -0.2) is 17.4 Å². The van der Waals surface area contributed by atoms with Crippen molar-refractivity contribution < 1.29 is 4.79 Å². The summed E-state index contributed by atoms with van der Waals surface area (Å²) >= 11 is 0. The van der Waals surface area contributed by atoms with Gasteiger partial charge < -0.3 is 10.2 Å². The average Bonchev–Trinajstić information content (AvgIpc) is 3.17. The van der Waals surface area contributed by atoms with Crippen LogP contribution in [0.15, 0.2) is 60.7 Å². The molecule has 4 heteroatoms. The highest BCUT2D eigenvalue weighted by Gasteiger charge is 2.24. The van der Waals surface area contributed by atoms with E-state index < -0.39 is 0 Å². The van der Waals surface area contributed by atoms with E-state index in [2.05, 4.69) is 5.32 Å². The van der Waals surface area contributed by atoms with Crippen LogP contribution in [0.5, 0.6) is 0 Å². The number of benzene rings is 2. The van der Waals surface area contributed by atoms with Crippen LogP contribution in [0.3, 0.4) is 0 Å². The fourth-order valence-electron chi connectivity index (χ4n) is 3.63. The lowest BCUT2D eigenvalue weighted by Gasteiger charge is -2.26. The highest BCUT2D eigenvalue weighted by molar-refractivity contribution is 5.98. The van der Waals surface area contributed by atoms with Gasteiger partial charge in [0.1, 0.15) is 5.82 Å². The molecule has 1 amide bonds. The second-order valence-corrected chi connectivity index (χ2v) is 6.49. The summed E-state index contributed by atoms with van der Waals surface area (Å²) in [5.41, 5.74) is 2.81. The minimum atomic E-state index is 0.285. The van der Waals surface area contributed by atoms with Gasteiger partial charge in [-0.25, -0.2) is 4.98 Å². The van der Waals surface area contributed by atoms with Crippen molar-refractivity contribution in [3.05, 3.63) is 60.7 Å². The van der Waals surface area contributed by atoms with Crippen LogP contribution in [0.4, 0.5) is 17.2 Å². The molecule has 126 valence electrons. The largest absolute Gasteiger partial charge is 0.340 e. The molecule has 0 aliphatic heterocycles. The van der Waals surface area contributed by atoms with E-state index in [-0.39, 0.29) is 6.04 Å². The molecule has 4 rings (SSSR count). The molecule has 0 unspecified atom stereocenters. The number of carbonyl (C=O) groups excluding carboxylic acids is 1. The second kappa shape index (κ2) is 6.93. The van der Waals surface area contributed by atoms with Crippen LogP contribution in [0.25, 0.3) is 10.9 Å². The Balaban J connectivity index is 1.79. The van der Waals surface area contributed by atoms with Crippen LogP contribution in [-0.2, 0) is 4.79 Å². The summed E-state index contributed by atoms with van der Waals surface area (Å²) in [6, 6.07) is 20.2. The van der Waals surface area contributed by atoms with Gasteiger partial charge >= 0.3 is 0 Å². The van der Waals surface area contributed by atoms with E-state index in [1.807, 2.05) is 65.6 Å². The number of hydrogen-bond donors (Lipinski definition) is 1. The summed E-state index contributed by atoms with van der Waals surface area (Å²) in [5.74, 6) is 0.754. The van der Waals surface area contributed by atoms with Crippen molar-refractivity contribution in [1.82, 2.24) is 4.98 Å². The zero-order valence-corrected chi connectivity index (χ0v) is 14.1. The molecule has 0 spiro atoms. The zero-order valence-electron chi connectivity index (χ0n) is 14.1. The molecule has 1 aromatic heterocycles. The SMILES string of the molecule is O=CN(c1cc(Nc2ccccc2)nc2ccccc12)C1CCCC1. The number of amides is 1. The van der Waals surface area contributed by atoms with Gasteiger partial charge in [0.25, 0.3) is 0 Å². The Morgan fingerprint density at radius 1 is 1.00 bits per heavy atom. The standard InChI is InChI=1S/C21H21N3O/c25-15-24(17-10-4-5-11-17)20-14-21(22-16-8-2-1-3-9-16)23-19-13-7-6-12-18(19)20/h1-3,6-9,12-15,17H,4-5,10-11H2,(H,22,23). The first-order chi connectivity index (χ1) is 12.3. The van der Waals surface area contributed by atoms with E-state index >= 15 is 0 Å². The quantitative estimate of drug-likeness (QED) is 0.677. The van der Waals surface area contributed by atoms with Crippen molar-refractivity contribution in [2.75, 3.05) is 10.2 Å². The van der Waals surface area contributed by atoms with Crippen LogP contribution in [0.1, 0.15) is 25.7 Å². The van der Waals surface area contributed by atoms with Crippen molar-refractivity contribution in [3.8, 4) is 0 Å². The van der Waals surface area contributed by atoms with E-state index in [1.54, 1.807) is 0 Å². The summed E-state index contributed by atoms with van der Waals surface area (Å²) in [4.78, 5) is 18.5. The van der Waals surface area contributed by atoms with E-state index in [0.29, 0.717) is 0 Å². The summed E-state index contributed by atoms with van der Waals surface area (Å²) in [7, 11) is 0. The molecule has 1 heterocycles. The highest BCUT2D eigenvalue weighted by Crippen LogP contribution is 2.34. The first-order valence-corrected chi connectivity index (χ1v) is 8.80. The van der Waals surface area contributed by atoms with Gasteiger partial charge in [-0.15, -0.1) is 0 Å². The maximum Gasteiger partial charge on any atom is 0.214 e. The number of aromatic nitrogens is 1. The van der Waals surface area contributed by atoms with Gasteiger partial charge in [0.05, 0.1) is 11.2 Å². The lowest BCUT2D eigenvalue weighted by Crippen LogP contribution is -2.32. The molecule has 0 saturated heterocycles. The first-order valence-electron chi connectivity index (χ1n) is 8.80. The molecule has 25 heavy (non-hydrogen) atoms. The van der Waals surface area contributed by atoms with Crippen molar-refractivity contribution in [2.24, 2.45) is 0 Å². The molecule has 1 aliphatic rings. The normalized spacial score (nSPS) is 14.6. The first kappa shape index (κ1) is 15.6. The molecule has 0 atom stereocenters. The number of fused-ring (bicyclic) bond motifs is 1. The van der Waals surface area contributed by atoms with Gasteiger partial charge in [-0.2, -0.15) is 0 Å². The fraction of sp³-hybridized carbons (Fsp3) is 0.238. The lowest BCUT2D eigenvalue weighted by atomic mass is 10.1. The Morgan fingerprint density at radius 2 is 1.72 bits per heavy atom.